The molecule has 0 radical (unpaired) electrons. The average molecular weight is 521 g/mol. The number of rotatable bonds is 6. The van der Waals surface area contributed by atoms with Gasteiger partial charge >= 0.3 is 0 Å². The largest absolute Gasteiger partial charge is 0.469 e. The molecule has 0 amide bonds. The standard InChI is InChI=1S/C20H31N3O3S.HI/c1-3-17(24-9-1)5-8-21-19(22-14-18-4-2-10-25-18)23-16-6-11-26-20(13-16)7-12-27-15-20;/h1,3,9,16,18H,2,4-8,10-15H2,(H2,21,22,23);1H. The second kappa shape index (κ2) is 11.1. The molecule has 8 heteroatoms. The molecule has 1 spiro atoms. The molecule has 6 nitrogen and oxygen atoms in total. The normalized spacial score (nSPS) is 30.4. The van der Waals surface area contributed by atoms with E-state index in [0.717, 1.165) is 75.9 Å². The van der Waals surface area contributed by atoms with Crippen LogP contribution in [0.1, 0.15) is 37.9 Å². The number of guanidine groups is 1. The second-order valence-electron chi connectivity index (χ2n) is 7.75. The molecule has 0 aromatic carbocycles. The summed E-state index contributed by atoms with van der Waals surface area (Å²) in [5.41, 5.74) is 0.0778. The predicted octanol–water partition coefficient (Wildman–Crippen LogP) is 3.21. The van der Waals surface area contributed by atoms with Crippen LogP contribution in [0, 0.1) is 0 Å². The van der Waals surface area contributed by atoms with E-state index < -0.39 is 0 Å². The molecule has 1 aromatic heterocycles. The highest BCUT2D eigenvalue weighted by Crippen LogP contribution is 2.38. The van der Waals surface area contributed by atoms with Crippen molar-refractivity contribution in [3.8, 4) is 0 Å². The molecule has 2 N–H and O–H groups in total. The van der Waals surface area contributed by atoms with Crippen LogP contribution in [0.2, 0.25) is 0 Å². The van der Waals surface area contributed by atoms with Crippen LogP contribution < -0.4 is 10.6 Å². The highest BCUT2D eigenvalue weighted by molar-refractivity contribution is 14.0. The maximum atomic E-state index is 6.16. The van der Waals surface area contributed by atoms with Crippen molar-refractivity contribution < 1.29 is 13.9 Å². The minimum absolute atomic E-state index is 0. The Morgan fingerprint density at radius 1 is 1.32 bits per heavy atom. The molecule has 4 rings (SSSR count). The van der Waals surface area contributed by atoms with Crippen molar-refractivity contribution in [1.82, 2.24) is 10.6 Å². The summed E-state index contributed by atoms with van der Waals surface area (Å²) in [6.45, 7) is 3.23. The summed E-state index contributed by atoms with van der Waals surface area (Å²) in [4.78, 5) is 4.83. The van der Waals surface area contributed by atoms with Crippen LogP contribution in [0.5, 0.6) is 0 Å². The molecule has 3 saturated heterocycles. The van der Waals surface area contributed by atoms with Gasteiger partial charge in [-0.05, 0) is 50.0 Å². The summed E-state index contributed by atoms with van der Waals surface area (Å²) >= 11 is 2.01. The van der Waals surface area contributed by atoms with Crippen molar-refractivity contribution in [2.24, 2.45) is 4.99 Å². The van der Waals surface area contributed by atoms with Crippen molar-refractivity contribution in [3.63, 3.8) is 0 Å². The Bertz CT molecular complexity index is 602. The Balaban J connectivity index is 0.00000225. The molecule has 3 unspecified atom stereocenters. The van der Waals surface area contributed by atoms with Crippen molar-refractivity contribution in [2.45, 2.75) is 56.3 Å². The van der Waals surface area contributed by atoms with Crippen molar-refractivity contribution in [1.29, 1.82) is 0 Å². The van der Waals surface area contributed by atoms with Crippen LogP contribution in [0.15, 0.2) is 27.8 Å². The topological polar surface area (TPSA) is 68.0 Å². The SMILES string of the molecule is I.c1coc(CCNC(=NCC2CCCO2)NC2CCOC3(CCSC3)C2)c1. The molecule has 0 bridgehead atoms. The van der Waals surface area contributed by atoms with E-state index in [1.807, 2.05) is 23.9 Å². The van der Waals surface area contributed by atoms with Gasteiger partial charge in [0.1, 0.15) is 5.76 Å². The molecule has 28 heavy (non-hydrogen) atoms. The monoisotopic (exact) mass is 521 g/mol. The van der Waals surface area contributed by atoms with Crippen LogP contribution in [0.4, 0.5) is 0 Å². The summed E-state index contributed by atoms with van der Waals surface area (Å²) < 4.78 is 17.3. The van der Waals surface area contributed by atoms with Crippen LogP contribution in [0.3, 0.4) is 0 Å². The van der Waals surface area contributed by atoms with Gasteiger partial charge in [-0.3, -0.25) is 4.99 Å². The first-order valence-corrected chi connectivity index (χ1v) is 11.4. The molecule has 1 aromatic rings. The molecular formula is C20H32IN3O3S. The minimum atomic E-state index is 0. The van der Waals surface area contributed by atoms with E-state index in [0.29, 0.717) is 6.04 Å². The van der Waals surface area contributed by atoms with Gasteiger partial charge in [0.25, 0.3) is 0 Å². The predicted molar refractivity (Wildman–Crippen MR) is 124 cm³/mol. The molecule has 4 heterocycles. The lowest BCUT2D eigenvalue weighted by atomic mass is 9.90. The van der Waals surface area contributed by atoms with Gasteiger partial charge in [-0.1, -0.05) is 0 Å². The third-order valence-electron chi connectivity index (χ3n) is 5.62. The van der Waals surface area contributed by atoms with Crippen molar-refractivity contribution >= 4 is 41.7 Å². The number of nitrogens with zero attached hydrogens (tertiary/aromatic N) is 1. The molecule has 0 aliphatic carbocycles. The van der Waals surface area contributed by atoms with Gasteiger partial charge < -0.3 is 24.5 Å². The molecule has 158 valence electrons. The second-order valence-corrected chi connectivity index (χ2v) is 8.85. The zero-order valence-corrected chi connectivity index (χ0v) is 19.5. The summed E-state index contributed by atoms with van der Waals surface area (Å²) in [6, 6.07) is 4.36. The molecule has 0 saturated carbocycles. The van der Waals surface area contributed by atoms with Gasteiger partial charge in [-0.25, -0.2) is 0 Å². The maximum Gasteiger partial charge on any atom is 0.191 e. The van der Waals surface area contributed by atoms with E-state index >= 15 is 0 Å². The van der Waals surface area contributed by atoms with Crippen molar-refractivity contribution in [3.05, 3.63) is 24.2 Å². The van der Waals surface area contributed by atoms with E-state index in [2.05, 4.69) is 10.6 Å². The first-order valence-electron chi connectivity index (χ1n) is 10.2. The number of aliphatic imine (C=N–C) groups is 1. The van der Waals surface area contributed by atoms with Crippen LogP contribution in [-0.2, 0) is 15.9 Å². The van der Waals surface area contributed by atoms with Gasteiger partial charge in [0.15, 0.2) is 5.96 Å². The number of nitrogens with one attached hydrogen (secondary N) is 2. The quantitative estimate of drug-likeness (QED) is 0.341. The number of furan rings is 1. The highest BCUT2D eigenvalue weighted by Gasteiger charge is 2.40. The minimum Gasteiger partial charge on any atom is -0.469 e. The fourth-order valence-corrected chi connectivity index (χ4v) is 5.48. The number of halogens is 1. The summed E-state index contributed by atoms with van der Waals surface area (Å²) in [5.74, 6) is 4.23. The smallest absolute Gasteiger partial charge is 0.191 e. The average Bonchev–Trinajstić information content (AvgIpc) is 3.43. The summed E-state index contributed by atoms with van der Waals surface area (Å²) in [6.07, 6.45) is 8.37. The lowest BCUT2D eigenvalue weighted by Crippen LogP contribution is -2.52. The third kappa shape index (κ3) is 6.27. The van der Waals surface area contributed by atoms with Crippen LogP contribution >= 0.6 is 35.7 Å². The zero-order valence-electron chi connectivity index (χ0n) is 16.4. The van der Waals surface area contributed by atoms with Crippen molar-refractivity contribution in [2.75, 3.05) is 37.8 Å². The summed E-state index contributed by atoms with van der Waals surface area (Å²) in [7, 11) is 0. The van der Waals surface area contributed by atoms with Gasteiger partial charge in [0, 0.05) is 38.0 Å². The zero-order chi connectivity index (χ0) is 18.4. The van der Waals surface area contributed by atoms with Gasteiger partial charge in [0.2, 0.25) is 0 Å². The molecule has 3 aliphatic heterocycles. The van der Waals surface area contributed by atoms with E-state index in [9.17, 15) is 0 Å². The lowest BCUT2D eigenvalue weighted by Gasteiger charge is -2.38. The first-order chi connectivity index (χ1) is 13.3. The van der Waals surface area contributed by atoms with Gasteiger partial charge in [0.05, 0.1) is 24.5 Å². The van der Waals surface area contributed by atoms with Crippen LogP contribution in [0.25, 0.3) is 0 Å². The van der Waals surface area contributed by atoms with E-state index in [-0.39, 0.29) is 35.7 Å². The molecular weight excluding hydrogens is 489 g/mol. The fourth-order valence-electron chi connectivity index (χ4n) is 4.10. The third-order valence-corrected chi connectivity index (χ3v) is 6.84. The Morgan fingerprint density at radius 2 is 2.29 bits per heavy atom. The lowest BCUT2D eigenvalue weighted by molar-refractivity contribution is -0.0679. The Morgan fingerprint density at radius 3 is 3.04 bits per heavy atom. The Hall–Kier alpha value is -0.450. The Kier molecular flexibility index (Phi) is 8.80. The summed E-state index contributed by atoms with van der Waals surface area (Å²) in [5, 5.41) is 7.16. The number of hydrogen-bond donors (Lipinski definition) is 2. The highest BCUT2D eigenvalue weighted by atomic mass is 127. The molecule has 3 atom stereocenters. The van der Waals surface area contributed by atoms with Gasteiger partial charge in [-0.2, -0.15) is 11.8 Å². The first kappa shape index (κ1) is 22.2. The molecule has 3 fully saturated rings. The fraction of sp³-hybridized carbons (Fsp3) is 0.750. The maximum absolute atomic E-state index is 6.16. The number of hydrogen-bond acceptors (Lipinski definition) is 5. The number of thioether (sulfide) groups is 1. The van der Waals surface area contributed by atoms with E-state index in [4.69, 9.17) is 18.9 Å². The molecule has 3 aliphatic rings. The van der Waals surface area contributed by atoms with Crippen LogP contribution in [-0.4, -0.2) is 61.5 Å². The Labute approximate surface area is 189 Å². The van der Waals surface area contributed by atoms with E-state index in [1.54, 1.807) is 6.26 Å². The number of ether oxygens (including phenoxy) is 2. The van der Waals surface area contributed by atoms with Gasteiger partial charge in [-0.15, -0.1) is 24.0 Å². The van der Waals surface area contributed by atoms with E-state index in [1.165, 1.54) is 12.2 Å².